The van der Waals surface area contributed by atoms with Crippen molar-refractivity contribution < 1.29 is 8.42 Å². The number of halogens is 1. The molecule has 1 aliphatic heterocycles. The Morgan fingerprint density at radius 1 is 1.04 bits per heavy atom. The minimum Gasteiger partial charge on any atom is -0.339 e. The summed E-state index contributed by atoms with van der Waals surface area (Å²) in [5.41, 5.74) is 0.730. The predicted octanol–water partition coefficient (Wildman–Crippen LogP) is 3.65. The van der Waals surface area contributed by atoms with E-state index < -0.39 is 10.0 Å². The van der Waals surface area contributed by atoms with Gasteiger partial charge in [0.25, 0.3) is 0 Å². The van der Waals surface area contributed by atoms with Crippen LogP contribution >= 0.6 is 11.6 Å². The molecular weight excluding hydrogens is 334 g/mol. The molecule has 1 aromatic heterocycles. The Kier molecular flexibility index (Phi) is 4.84. The molecule has 1 aliphatic rings. The number of nitrogens with one attached hydrogen (secondary N) is 1. The Morgan fingerprint density at radius 2 is 1.78 bits per heavy atom. The summed E-state index contributed by atoms with van der Waals surface area (Å²) in [6.07, 6.45) is 4.31. The van der Waals surface area contributed by atoms with Gasteiger partial charge in [0.2, 0.25) is 10.0 Å². The zero-order valence-corrected chi connectivity index (χ0v) is 14.1. The molecule has 0 radical (unpaired) electrons. The minimum atomic E-state index is -3.44. The molecule has 0 aliphatic carbocycles. The number of rotatable bonds is 4. The highest BCUT2D eigenvalue weighted by molar-refractivity contribution is 7.89. The second-order valence-electron chi connectivity index (χ2n) is 5.45. The third-order valence-electron chi connectivity index (χ3n) is 3.83. The first-order valence-corrected chi connectivity index (χ1v) is 9.37. The van der Waals surface area contributed by atoms with Crippen LogP contribution in [0, 0.1) is 0 Å². The van der Waals surface area contributed by atoms with Crippen LogP contribution in [0.2, 0.25) is 5.02 Å². The second kappa shape index (κ2) is 6.86. The van der Waals surface area contributed by atoms with Gasteiger partial charge < -0.3 is 5.32 Å². The molecule has 7 heteroatoms. The number of para-hydroxylation sites is 1. The minimum absolute atomic E-state index is 0.226. The molecule has 1 fully saturated rings. The van der Waals surface area contributed by atoms with Crippen molar-refractivity contribution in [3.05, 3.63) is 47.6 Å². The van der Waals surface area contributed by atoms with Gasteiger partial charge in [-0.05, 0) is 37.1 Å². The molecule has 1 aromatic carbocycles. The van der Waals surface area contributed by atoms with Crippen molar-refractivity contribution in [2.75, 3.05) is 18.4 Å². The van der Waals surface area contributed by atoms with Crippen LogP contribution in [-0.2, 0) is 10.0 Å². The highest BCUT2D eigenvalue weighted by Gasteiger charge is 2.26. The lowest BCUT2D eigenvalue weighted by Gasteiger charge is -2.25. The lowest BCUT2D eigenvalue weighted by Crippen LogP contribution is -2.35. The van der Waals surface area contributed by atoms with Crippen LogP contribution in [0.1, 0.15) is 19.3 Å². The van der Waals surface area contributed by atoms with Crippen molar-refractivity contribution in [1.29, 1.82) is 0 Å². The molecule has 1 saturated heterocycles. The predicted molar refractivity (Wildman–Crippen MR) is 91.6 cm³/mol. The molecular formula is C16H18ClN3O2S. The number of pyridine rings is 1. The van der Waals surface area contributed by atoms with Crippen LogP contribution in [0.5, 0.6) is 0 Å². The van der Waals surface area contributed by atoms with Gasteiger partial charge in [0, 0.05) is 19.3 Å². The highest BCUT2D eigenvalue weighted by atomic mass is 35.5. The number of benzene rings is 1. The quantitative estimate of drug-likeness (QED) is 0.913. The van der Waals surface area contributed by atoms with Crippen molar-refractivity contribution in [1.82, 2.24) is 9.29 Å². The third kappa shape index (κ3) is 3.65. The van der Waals surface area contributed by atoms with Crippen LogP contribution in [0.25, 0.3) is 0 Å². The molecule has 0 amide bonds. The number of piperidine rings is 1. The normalized spacial score (nSPS) is 16.2. The van der Waals surface area contributed by atoms with E-state index in [1.165, 1.54) is 10.5 Å². The monoisotopic (exact) mass is 351 g/mol. The Morgan fingerprint density at radius 3 is 2.43 bits per heavy atom. The molecule has 122 valence electrons. The maximum Gasteiger partial charge on any atom is 0.244 e. The van der Waals surface area contributed by atoms with Gasteiger partial charge >= 0.3 is 0 Å². The van der Waals surface area contributed by atoms with E-state index in [2.05, 4.69) is 10.3 Å². The fraction of sp³-hybridized carbons (Fsp3) is 0.312. The van der Waals surface area contributed by atoms with Gasteiger partial charge in [0.15, 0.2) is 0 Å². The van der Waals surface area contributed by atoms with Gasteiger partial charge in [0.05, 0.1) is 10.7 Å². The fourth-order valence-corrected chi connectivity index (χ4v) is 4.21. The number of sulfonamides is 1. The summed E-state index contributed by atoms with van der Waals surface area (Å²) in [7, 11) is -3.44. The summed E-state index contributed by atoms with van der Waals surface area (Å²) >= 11 is 6.09. The maximum absolute atomic E-state index is 12.6. The van der Waals surface area contributed by atoms with E-state index in [-0.39, 0.29) is 4.90 Å². The molecule has 0 saturated carbocycles. The molecule has 0 bridgehead atoms. The first-order valence-electron chi connectivity index (χ1n) is 7.55. The second-order valence-corrected chi connectivity index (χ2v) is 7.79. The molecule has 5 nitrogen and oxygen atoms in total. The Labute approximate surface area is 141 Å². The first kappa shape index (κ1) is 16.2. The lowest BCUT2D eigenvalue weighted by molar-refractivity contribution is 0.346. The summed E-state index contributed by atoms with van der Waals surface area (Å²) in [5.74, 6) is 0.552. The van der Waals surface area contributed by atoms with Gasteiger partial charge in [-0.2, -0.15) is 4.31 Å². The van der Waals surface area contributed by atoms with Gasteiger partial charge in [-0.15, -0.1) is 0 Å². The van der Waals surface area contributed by atoms with Crippen molar-refractivity contribution in [2.24, 2.45) is 0 Å². The van der Waals surface area contributed by atoms with E-state index >= 15 is 0 Å². The summed E-state index contributed by atoms with van der Waals surface area (Å²) in [5, 5.41) is 3.66. The van der Waals surface area contributed by atoms with Gasteiger partial charge in [-0.1, -0.05) is 30.2 Å². The molecule has 3 rings (SSSR count). The van der Waals surface area contributed by atoms with Crippen LogP contribution in [0.3, 0.4) is 0 Å². The molecule has 0 atom stereocenters. The van der Waals surface area contributed by atoms with Crippen LogP contribution in [0.15, 0.2) is 47.5 Å². The molecule has 23 heavy (non-hydrogen) atoms. The lowest BCUT2D eigenvalue weighted by atomic mass is 10.2. The number of hydrogen-bond acceptors (Lipinski definition) is 4. The average Bonchev–Trinajstić information content (AvgIpc) is 2.58. The van der Waals surface area contributed by atoms with E-state index in [0.29, 0.717) is 23.9 Å². The van der Waals surface area contributed by atoms with E-state index in [1.54, 1.807) is 18.2 Å². The zero-order valence-electron chi connectivity index (χ0n) is 12.6. The Bertz CT molecular complexity index is 772. The molecule has 2 aromatic rings. The van der Waals surface area contributed by atoms with Crippen LogP contribution < -0.4 is 5.32 Å². The van der Waals surface area contributed by atoms with E-state index in [0.717, 1.165) is 24.9 Å². The maximum atomic E-state index is 12.6. The Hall–Kier alpha value is -1.63. The highest BCUT2D eigenvalue weighted by Crippen LogP contribution is 2.25. The van der Waals surface area contributed by atoms with Crippen LogP contribution in [0.4, 0.5) is 11.5 Å². The van der Waals surface area contributed by atoms with Crippen LogP contribution in [-0.4, -0.2) is 30.8 Å². The Balaban J connectivity index is 1.78. The molecule has 0 unspecified atom stereocenters. The van der Waals surface area contributed by atoms with Gasteiger partial charge in [-0.3, -0.25) is 0 Å². The largest absolute Gasteiger partial charge is 0.339 e. The smallest absolute Gasteiger partial charge is 0.244 e. The average molecular weight is 352 g/mol. The number of anilines is 2. The van der Waals surface area contributed by atoms with Crippen molar-refractivity contribution in [3.63, 3.8) is 0 Å². The van der Waals surface area contributed by atoms with E-state index in [4.69, 9.17) is 11.6 Å². The van der Waals surface area contributed by atoms with E-state index in [1.807, 2.05) is 18.2 Å². The number of nitrogens with zero attached hydrogens (tertiary/aromatic N) is 2. The standard InChI is InChI=1S/C16H18ClN3O2S/c17-14-6-2-3-7-15(14)19-16-9-8-13(12-18-16)23(21,22)20-10-4-1-5-11-20/h2-3,6-9,12H,1,4-5,10-11H2,(H,18,19). The molecule has 1 N–H and O–H groups in total. The summed E-state index contributed by atoms with van der Waals surface area (Å²) in [6.45, 7) is 1.17. The van der Waals surface area contributed by atoms with Crippen molar-refractivity contribution in [3.8, 4) is 0 Å². The summed E-state index contributed by atoms with van der Waals surface area (Å²) in [4.78, 5) is 4.43. The van der Waals surface area contributed by atoms with Gasteiger partial charge in [-0.25, -0.2) is 13.4 Å². The molecule has 2 heterocycles. The van der Waals surface area contributed by atoms with Crippen molar-refractivity contribution >= 4 is 33.1 Å². The topological polar surface area (TPSA) is 62.3 Å². The number of aromatic nitrogens is 1. The summed E-state index contributed by atoms with van der Waals surface area (Å²) in [6, 6.07) is 10.6. The third-order valence-corrected chi connectivity index (χ3v) is 6.04. The molecule has 0 spiro atoms. The first-order chi connectivity index (χ1) is 11.1. The fourth-order valence-electron chi connectivity index (χ4n) is 2.56. The SMILES string of the molecule is O=S(=O)(c1ccc(Nc2ccccc2Cl)nc1)N1CCCCC1. The summed E-state index contributed by atoms with van der Waals surface area (Å²) < 4.78 is 26.6. The van der Waals surface area contributed by atoms with Gasteiger partial charge in [0.1, 0.15) is 10.7 Å². The van der Waals surface area contributed by atoms with Crippen molar-refractivity contribution in [2.45, 2.75) is 24.2 Å². The zero-order chi connectivity index (χ0) is 16.3. The number of hydrogen-bond donors (Lipinski definition) is 1. The van der Waals surface area contributed by atoms with E-state index in [9.17, 15) is 8.42 Å².